The molecular formula is C20H24N4O4. The Morgan fingerprint density at radius 1 is 1.18 bits per heavy atom. The van der Waals surface area contributed by atoms with Crippen molar-refractivity contribution in [2.75, 3.05) is 61.7 Å². The molecule has 0 unspecified atom stereocenters. The van der Waals surface area contributed by atoms with Crippen molar-refractivity contribution >= 4 is 28.7 Å². The first-order valence-electron chi connectivity index (χ1n) is 9.26. The fraction of sp³-hybridized carbons (Fsp3) is 0.400. The molecule has 0 aliphatic carbocycles. The number of aliphatic hydroxyl groups is 1. The number of nitrogens with zero attached hydrogens (tertiary/aromatic N) is 4. The van der Waals surface area contributed by atoms with Gasteiger partial charge in [0.15, 0.2) is 0 Å². The smallest absolute Gasteiger partial charge is 0.246 e. The average molecular weight is 384 g/mol. The van der Waals surface area contributed by atoms with Crippen LogP contribution in [0.1, 0.15) is 0 Å². The number of pyridine rings is 1. The summed E-state index contributed by atoms with van der Waals surface area (Å²) in [5.41, 5.74) is 3.70. The van der Waals surface area contributed by atoms with E-state index in [2.05, 4.69) is 22.0 Å². The van der Waals surface area contributed by atoms with E-state index in [9.17, 15) is 4.79 Å². The van der Waals surface area contributed by atoms with E-state index in [1.54, 1.807) is 25.3 Å². The van der Waals surface area contributed by atoms with Gasteiger partial charge in [0, 0.05) is 37.6 Å². The van der Waals surface area contributed by atoms with Crippen molar-refractivity contribution in [2.45, 2.75) is 6.10 Å². The maximum absolute atomic E-state index is 12.4. The van der Waals surface area contributed by atoms with Crippen LogP contribution in [0.4, 0.5) is 22.7 Å². The van der Waals surface area contributed by atoms with Crippen molar-refractivity contribution in [3.63, 3.8) is 0 Å². The summed E-state index contributed by atoms with van der Waals surface area (Å²) in [6.45, 7) is 2.33. The summed E-state index contributed by atoms with van der Waals surface area (Å²) in [4.78, 5) is 22.5. The van der Waals surface area contributed by atoms with Gasteiger partial charge in [0.2, 0.25) is 11.8 Å². The third-order valence-electron chi connectivity index (χ3n) is 5.18. The second-order valence-corrected chi connectivity index (χ2v) is 6.89. The average Bonchev–Trinajstić information content (AvgIpc) is 2.69. The van der Waals surface area contributed by atoms with Crippen LogP contribution in [0.2, 0.25) is 0 Å². The lowest BCUT2D eigenvalue weighted by Gasteiger charge is -2.41. The molecule has 8 heteroatoms. The molecule has 2 aromatic rings. The SMILES string of the molecule is COc1cc2c(cn1)N(C)C(=O)CN2c1ccc(N2CC(OCCO)C2)cc1. The van der Waals surface area contributed by atoms with Gasteiger partial charge in [-0.25, -0.2) is 4.98 Å². The highest BCUT2D eigenvalue weighted by Crippen LogP contribution is 2.39. The van der Waals surface area contributed by atoms with Crippen LogP contribution in [0.15, 0.2) is 36.5 Å². The number of aliphatic hydroxyl groups excluding tert-OH is 1. The van der Waals surface area contributed by atoms with E-state index < -0.39 is 0 Å². The number of methoxy groups -OCH3 is 1. The number of likely N-dealkylation sites (N-methyl/N-ethyl adjacent to an activating group) is 1. The zero-order valence-electron chi connectivity index (χ0n) is 16.0. The van der Waals surface area contributed by atoms with Crippen molar-refractivity contribution < 1.29 is 19.4 Å². The molecule has 148 valence electrons. The summed E-state index contributed by atoms with van der Waals surface area (Å²) in [5, 5.41) is 8.83. The molecule has 28 heavy (non-hydrogen) atoms. The van der Waals surface area contributed by atoms with Gasteiger partial charge in [-0.15, -0.1) is 0 Å². The molecule has 0 atom stereocenters. The number of ether oxygens (including phenoxy) is 2. The maximum Gasteiger partial charge on any atom is 0.246 e. The molecule has 1 aromatic carbocycles. The Morgan fingerprint density at radius 2 is 1.89 bits per heavy atom. The van der Waals surface area contributed by atoms with Crippen LogP contribution in [-0.4, -0.2) is 69.1 Å². The molecule has 4 rings (SSSR count). The molecule has 1 N–H and O–H groups in total. The Kier molecular flexibility index (Phi) is 5.06. The standard InChI is InChI=1S/C20H24N4O4/c1-22-18-10-21-19(27-2)9-17(18)24(13-20(22)26)15-5-3-14(4-6-15)23-11-16(12-23)28-8-7-25/h3-6,9-10,16,25H,7-8,11-13H2,1-2H3. The van der Waals surface area contributed by atoms with Crippen LogP contribution in [0, 0.1) is 0 Å². The van der Waals surface area contributed by atoms with Crippen LogP contribution in [-0.2, 0) is 9.53 Å². The van der Waals surface area contributed by atoms with E-state index in [0.29, 0.717) is 12.5 Å². The molecule has 0 spiro atoms. The Hall–Kier alpha value is -2.84. The topological polar surface area (TPSA) is 78.4 Å². The minimum Gasteiger partial charge on any atom is -0.481 e. The number of carbonyl (C=O) groups excluding carboxylic acids is 1. The normalized spacial score (nSPS) is 16.8. The van der Waals surface area contributed by atoms with Gasteiger partial charge in [0.25, 0.3) is 0 Å². The first-order chi connectivity index (χ1) is 13.6. The number of fused-ring (bicyclic) bond motifs is 1. The van der Waals surface area contributed by atoms with Gasteiger partial charge < -0.3 is 29.3 Å². The van der Waals surface area contributed by atoms with Crippen LogP contribution in [0.3, 0.4) is 0 Å². The lowest BCUT2D eigenvalue weighted by Crippen LogP contribution is -2.52. The molecule has 0 bridgehead atoms. The first-order valence-corrected chi connectivity index (χ1v) is 9.26. The zero-order chi connectivity index (χ0) is 19.7. The number of anilines is 4. The number of benzene rings is 1. The zero-order valence-corrected chi connectivity index (χ0v) is 16.0. The molecule has 1 amide bonds. The van der Waals surface area contributed by atoms with Gasteiger partial charge in [-0.05, 0) is 24.3 Å². The summed E-state index contributed by atoms with van der Waals surface area (Å²) < 4.78 is 10.8. The third-order valence-corrected chi connectivity index (χ3v) is 5.18. The van der Waals surface area contributed by atoms with E-state index in [0.717, 1.165) is 35.8 Å². The summed E-state index contributed by atoms with van der Waals surface area (Å²) in [7, 11) is 3.34. The van der Waals surface area contributed by atoms with E-state index in [1.807, 2.05) is 23.1 Å². The van der Waals surface area contributed by atoms with Crippen LogP contribution < -0.4 is 19.4 Å². The Balaban J connectivity index is 1.53. The van der Waals surface area contributed by atoms with E-state index in [-0.39, 0.29) is 25.2 Å². The second-order valence-electron chi connectivity index (χ2n) is 6.89. The largest absolute Gasteiger partial charge is 0.481 e. The van der Waals surface area contributed by atoms with Crippen molar-refractivity contribution in [1.29, 1.82) is 0 Å². The predicted molar refractivity (Wildman–Crippen MR) is 107 cm³/mol. The Bertz CT molecular complexity index is 852. The highest BCUT2D eigenvalue weighted by molar-refractivity contribution is 6.04. The molecule has 0 saturated carbocycles. The monoisotopic (exact) mass is 384 g/mol. The summed E-state index contributed by atoms with van der Waals surface area (Å²) in [6, 6.07) is 10.0. The van der Waals surface area contributed by atoms with Crippen molar-refractivity contribution in [1.82, 2.24) is 4.98 Å². The van der Waals surface area contributed by atoms with E-state index in [1.165, 1.54) is 0 Å². The minimum absolute atomic E-state index is 0.00941. The lowest BCUT2D eigenvalue weighted by molar-refractivity contribution is -0.117. The highest BCUT2D eigenvalue weighted by atomic mass is 16.5. The van der Waals surface area contributed by atoms with Gasteiger partial charge in [0.05, 0.1) is 44.0 Å². The summed E-state index contributed by atoms with van der Waals surface area (Å²) >= 11 is 0. The fourth-order valence-electron chi connectivity index (χ4n) is 3.51. The third kappa shape index (κ3) is 3.36. The van der Waals surface area contributed by atoms with Gasteiger partial charge in [0.1, 0.15) is 6.54 Å². The van der Waals surface area contributed by atoms with E-state index >= 15 is 0 Å². The minimum atomic E-state index is 0.00941. The number of aromatic nitrogens is 1. The van der Waals surface area contributed by atoms with Crippen LogP contribution >= 0.6 is 0 Å². The van der Waals surface area contributed by atoms with Gasteiger partial charge in [-0.2, -0.15) is 0 Å². The molecule has 8 nitrogen and oxygen atoms in total. The van der Waals surface area contributed by atoms with Gasteiger partial charge in [-0.3, -0.25) is 4.79 Å². The summed E-state index contributed by atoms with van der Waals surface area (Å²) in [6.07, 6.45) is 1.84. The van der Waals surface area contributed by atoms with Crippen molar-refractivity contribution in [3.8, 4) is 5.88 Å². The molecule has 0 radical (unpaired) electrons. The maximum atomic E-state index is 12.4. The van der Waals surface area contributed by atoms with Crippen LogP contribution in [0.25, 0.3) is 0 Å². The molecule has 2 aliphatic heterocycles. The van der Waals surface area contributed by atoms with Crippen molar-refractivity contribution in [3.05, 3.63) is 36.5 Å². The molecule has 3 heterocycles. The van der Waals surface area contributed by atoms with Gasteiger partial charge in [-0.1, -0.05) is 0 Å². The number of hydrogen-bond acceptors (Lipinski definition) is 7. The predicted octanol–water partition coefficient (Wildman–Crippen LogP) is 1.40. The number of rotatable bonds is 6. The quantitative estimate of drug-likeness (QED) is 0.807. The molecule has 1 saturated heterocycles. The molecule has 2 aliphatic rings. The summed E-state index contributed by atoms with van der Waals surface area (Å²) in [5.74, 6) is 0.521. The molecular weight excluding hydrogens is 360 g/mol. The molecule has 1 aromatic heterocycles. The molecule has 1 fully saturated rings. The highest BCUT2D eigenvalue weighted by Gasteiger charge is 2.30. The van der Waals surface area contributed by atoms with Crippen molar-refractivity contribution in [2.24, 2.45) is 0 Å². The fourth-order valence-corrected chi connectivity index (χ4v) is 3.51. The van der Waals surface area contributed by atoms with Gasteiger partial charge >= 0.3 is 0 Å². The second kappa shape index (κ2) is 7.65. The Labute approximate surface area is 163 Å². The number of carbonyl (C=O) groups is 1. The number of hydrogen-bond donors (Lipinski definition) is 1. The van der Waals surface area contributed by atoms with E-state index in [4.69, 9.17) is 14.6 Å². The van der Waals surface area contributed by atoms with Crippen LogP contribution in [0.5, 0.6) is 5.88 Å². The first kappa shape index (κ1) is 18.5. The number of amides is 1. The Morgan fingerprint density at radius 3 is 2.57 bits per heavy atom. The lowest BCUT2D eigenvalue weighted by atomic mass is 10.1.